The second-order valence-corrected chi connectivity index (χ2v) is 5.54. The number of nitrogen functional groups attached to an aromatic ring is 1. The summed E-state index contributed by atoms with van der Waals surface area (Å²) < 4.78 is 5.09. The third-order valence-electron chi connectivity index (χ3n) is 3.04. The van der Waals surface area contributed by atoms with Crippen LogP contribution in [0.1, 0.15) is 11.3 Å². The number of hydrogen-bond acceptors (Lipinski definition) is 5. The molecule has 0 radical (unpaired) electrons. The third-order valence-corrected chi connectivity index (χ3v) is 3.76. The second-order valence-electron chi connectivity index (χ2n) is 4.65. The first-order valence-corrected chi connectivity index (χ1v) is 7.57. The first-order valence-electron chi connectivity index (χ1n) is 6.69. The third kappa shape index (κ3) is 4.84. The van der Waals surface area contributed by atoms with E-state index in [0.717, 1.165) is 11.3 Å². The molecule has 0 aliphatic carbocycles. The van der Waals surface area contributed by atoms with E-state index >= 15 is 0 Å². The maximum atomic E-state index is 12.4. The lowest BCUT2D eigenvalue weighted by molar-refractivity contribution is -0.131. The van der Waals surface area contributed by atoms with Gasteiger partial charge in [-0.05, 0) is 5.56 Å². The van der Waals surface area contributed by atoms with Crippen molar-refractivity contribution in [3.63, 3.8) is 0 Å². The van der Waals surface area contributed by atoms with Gasteiger partial charge in [0.15, 0.2) is 5.13 Å². The predicted molar refractivity (Wildman–Crippen MR) is 84.0 cm³/mol. The molecule has 1 heterocycles. The van der Waals surface area contributed by atoms with Crippen LogP contribution in [0, 0.1) is 0 Å². The van der Waals surface area contributed by atoms with Gasteiger partial charge < -0.3 is 15.4 Å². The number of benzene rings is 1. The summed E-state index contributed by atoms with van der Waals surface area (Å²) in [7, 11) is 1.63. The summed E-state index contributed by atoms with van der Waals surface area (Å²) in [6.45, 7) is 1.64. The molecule has 0 spiro atoms. The highest BCUT2D eigenvalue weighted by atomic mass is 32.1. The van der Waals surface area contributed by atoms with Gasteiger partial charge in [-0.1, -0.05) is 30.3 Å². The molecule has 2 rings (SSSR count). The van der Waals surface area contributed by atoms with Gasteiger partial charge in [-0.25, -0.2) is 4.98 Å². The SMILES string of the molecule is COCCN(Cc1ccccc1)C(=O)Cc1csc(N)n1. The Labute approximate surface area is 128 Å². The Bertz CT molecular complexity index is 571. The maximum absolute atomic E-state index is 12.4. The maximum Gasteiger partial charge on any atom is 0.229 e. The van der Waals surface area contributed by atoms with Crippen LogP contribution < -0.4 is 5.73 Å². The van der Waals surface area contributed by atoms with E-state index < -0.39 is 0 Å². The van der Waals surface area contributed by atoms with E-state index in [1.54, 1.807) is 12.0 Å². The highest BCUT2D eigenvalue weighted by Gasteiger charge is 2.15. The van der Waals surface area contributed by atoms with Crippen molar-refractivity contribution in [3.8, 4) is 0 Å². The largest absolute Gasteiger partial charge is 0.383 e. The van der Waals surface area contributed by atoms with E-state index in [9.17, 15) is 4.79 Å². The Hall–Kier alpha value is -1.92. The van der Waals surface area contributed by atoms with Crippen LogP contribution in [-0.2, 0) is 22.5 Å². The predicted octanol–water partition coefficient (Wildman–Crippen LogP) is 1.94. The van der Waals surface area contributed by atoms with Crippen LogP contribution in [0.4, 0.5) is 5.13 Å². The van der Waals surface area contributed by atoms with Crippen LogP contribution in [0.3, 0.4) is 0 Å². The summed E-state index contributed by atoms with van der Waals surface area (Å²) in [5.74, 6) is 0.0289. The summed E-state index contributed by atoms with van der Waals surface area (Å²) in [6, 6.07) is 9.91. The fraction of sp³-hybridized carbons (Fsp3) is 0.333. The standard InChI is InChI=1S/C15H19N3O2S/c1-20-8-7-18(10-12-5-3-2-4-6-12)14(19)9-13-11-21-15(16)17-13/h2-6,11H,7-10H2,1H3,(H2,16,17). The summed E-state index contributed by atoms with van der Waals surface area (Å²) in [4.78, 5) is 18.4. The fourth-order valence-corrected chi connectivity index (χ4v) is 2.53. The number of rotatable bonds is 7. The molecule has 2 aromatic rings. The highest BCUT2D eigenvalue weighted by Crippen LogP contribution is 2.13. The Morgan fingerprint density at radius 2 is 2.14 bits per heavy atom. The molecule has 112 valence electrons. The molecule has 21 heavy (non-hydrogen) atoms. The second kappa shape index (κ2) is 7.75. The lowest BCUT2D eigenvalue weighted by Crippen LogP contribution is -2.34. The summed E-state index contributed by atoms with van der Waals surface area (Å²) in [5.41, 5.74) is 7.41. The Morgan fingerprint density at radius 3 is 2.76 bits per heavy atom. The Kier molecular flexibility index (Phi) is 5.71. The zero-order valence-electron chi connectivity index (χ0n) is 12.0. The minimum atomic E-state index is 0.0289. The number of thiazole rings is 1. The molecule has 0 aliphatic heterocycles. The first kappa shape index (κ1) is 15.5. The van der Waals surface area contributed by atoms with Crippen LogP contribution in [-0.4, -0.2) is 36.1 Å². The Balaban J connectivity index is 2.02. The minimum absolute atomic E-state index is 0.0289. The lowest BCUT2D eigenvalue weighted by atomic mass is 10.2. The van der Waals surface area contributed by atoms with Gasteiger partial charge >= 0.3 is 0 Å². The van der Waals surface area contributed by atoms with Gasteiger partial charge in [0.1, 0.15) is 0 Å². The molecular formula is C15H19N3O2S. The van der Waals surface area contributed by atoms with Crippen molar-refractivity contribution < 1.29 is 9.53 Å². The van der Waals surface area contributed by atoms with Gasteiger partial charge in [0.05, 0.1) is 18.7 Å². The zero-order valence-corrected chi connectivity index (χ0v) is 12.8. The Morgan fingerprint density at radius 1 is 1.38 bits per heavy atom. The number of hydrogen-bond donors (Lipinski definition) is 1. The van der Waals surface area contributed by atoms with Gasteiger partial charge in [-0.2, -0.15) is 0 Å². The number of aromatic nitrogens is 1. The van der Waals surface area contributed by atoms with E-state index in [1.807, 2.05) is 35.7 Å². The van der Waals surface area contributed by atoms with E-state index in [1.165, 1.54) is 11.3 Å². The molecule has 1 aromatic carbocycles. The average Bonchev–Trinajstić information content (AvgIpc) is 2.89. The van der Waals surface area contributed by atoms with Gasteiger partial charge in [-0.15, -0.1) is 11.3 Å². The average molecular weight is 305 g/mol. The summed E-state index contributed by atoms with van der Waals surface area (Å²) in [6.07, 6.45) is 0.268. The molecule has 0 bridgehead atoms. The summed E-state index contributed by atoms with van der Waals surface area (Å²) in [5, 5.41) is 2.31. The number of carbonyl (C=O) groups is 1. The van der Waals surface area contributed by atoms with E-state index in [2.05, 4.69) is 4.98 Å². The van der Waals surface area contributed by atoms with Crippen molar-refractivity contribution in [2.45, 2.75) is 13.0 Å². The molecule has 2 N–H and O–H groups in total. The van der Waals surface area contributed by atoms with Crippen molar-refractivity contribution in [2.75, 3.05) is 26.0 Å². The normalized spacial score (nSPS) is 10.5. The van der Waals surface area contributed by atoms with Crippen LogP contribution in [0.5, 0.6) is 0 Å². The van der Waals surface area contributed by atoms with Crippen molar-refractivity contribution >= 4 is 22.4 Å². The highest BCUT2D eigenvalue weighted by molar-refractivity contribution is 7.13. The minimum Gasteiger partial charge on any atom is -0.383 e. The molecule has 1 aromatic heterocycles. The molecule has 6 heteroatoms. The van der Waals surface area contributed by atoms with E-state index in [4.69, 9.17) is 10.5 Å². The topological polar surface area (TPSA) is 68.5 Å². The quantitative estimate of drug-likeness (QED) is 0.849. The molecule has 0 saturated carbocycles. The summed E-state index contributed by atoms with van der Waals surface area (Å²) >= 11 is 1.35. The molecule has 0 saturated heterocycles. The monoisotopic (exact) mass is 305 g/mol. The molecule has 0 atom stereocenters. The smallest absolute Gasteiger partial charge is 0.229 e. The molecule has 0 aliphatic rings. The number of nitrogens with two attached hydrogens (primary N) is 1. The van der Waals surface area contributed by atoms with Crippen molar-refractivity contribution in [2.24, 2.45) is 0 Å². The van der Waals surface area contributed by atoms with Crippen molar-refractivity contribution in [3.05, 3.63) is 47.0 Å². The van der Waals surface area contributed by atoms with Crippen LogP contribution in [0.15, 0.2) is 35.7 Å². The van der Waals surface area contributed by atoms with Gasteiger partial charge in [0.25, 0.3) is 0 Å². The number of methoxy groups -OCH3 is 1. The lowest BCUT2D eigenvalue weighted by Gasteiger charge is -2.22. The van der Waals surface area contributed by atoms with E-state index in [-0.39, 0.29) is 12.3 Å². The number of anilines is 1. The van der Waals surface area contributed by atoms with Crippen molar-refractivity contribution in [1.29, 1.82) is 0 Å². The van der Waals surface area contributed by atoms with Gasteiger partial charge in [-0.3, -0.25) is 4.79 Å². The number of amides is 1. The van der Waals surface area contributed by atoms with Gasteiger partial charge in [0.2, 0.25) is 5.91 Å². The number of carbonyl (C=O) groups excluding carboxylic acids is 1. The van der Waals surface area contributed by atoms with Gasteiger partial charge in [0, 0.05) is 25.6 Å². The van der Waals surface area contributed by atoms with Crippen molar-refractivity contribution in [1.82, 2.24) is 9.88 Å². The van der Waals surface area contributed by atoms with E-state index in [0.29, 0.717) is 24.8 Å². The fourth-order valence-electron chi connectivity index (χ4n) is 1.97. The first-order chi connectivity index (χ1) is 10.2. The van der Waals surface area contributed by atoms with Crippen LogP contribution >= 0.6 is 11.3 Å². The zero-order chi connectivity index (χ0) is 15.1. The molecule has 0 fully saturated rings. The molecule has 1 amide bonds. The molecule has 0 unspecified atom stereocenters. The number of nitrogens with zero attached hydrogens (tertiary/aromatic N) is 2. The van der Waals surface area contributed by atoms with Crippen LogP contribution in [0.2, 0.25) is 0 Å². The number of ether oxygens (including phenoxy) is 1. The van der Waals surface area contributed by atoms with Crippen LogP contribution in [0.25, 0.3) is 0 Å². The molecule has 5 nitrogen and oxygen atoms in total. The molecular weight excluding hydrogens is 286 g/mol.